The Labute approximate surface area is 150 Å². The van der Waals surface area contributed by atoms with E-state index in [9.17, 15) is 14.6 Å². The maximum Gasteiger partial charge on any atom is 0.156 e. The third-order valence-corrected chi connectivity index (χ3v) is 5.37. The van der Waals surface area contributed by atoms with E-state index in [1.807, 2.05) is 0 Å². The highest BCUT2D eigenvalue weighted by Crippen LogP contribution is 2.44. The SMILES string of the molecule is COc1cc(F)cc2c1NCCC2C(O)n1nc2c(c1N)CC(O)CC2. The molecule has 8 heteroatoms. The number of aromatic nitrogens is 2. The van der Waals surface area contributed by atoms with E-state index in [4.69, 9.17) is 10.5 Å². The van der Waals surface area contributed by atoms with E-state index in [0.717, 1.165) is 11.3 Å². The number of benzene rings is 1. The molecule has 140 valence electrons. The van der Waals surface area contributed by atoms with Gasteiger partial charge in [0.15, 0.2) is 6.23 Å². The largest absolute Gasteiger partial charge is 0.494 e. The molecule has 1 aliphatic carbocycles. The van der Waals surface area contributed by atoms with E-state index in [1.54, 1.807) is 0 Å². The summed E-state index contributed by atoms with van der Waals surface area (Å²) in [6.45, 7) is 0.621. The van der Waals surface area contributed by atoms with Crippen LogP contribution in [0.15, 0.2) is 12.1 Å². The molecule has 0 bridgehead atoms. The summed E-state index contributed by atoms with van der Waals surface area (Å²) in [6, 6.07) is 2.74. The van der Waals surface area contributed by atoms with Crippen LogP contribution in [0.25, 0.3) is 0 Å². The molecule has 0 spiro atoms. The third-order valence-electron chi connectivity index (χ3n) is 5.37. The van der Waals surface area contributed by atoms with E-state index in [0.29, 0.717) is 55.0 Å². The molecular formula is C18H23FN4O3. The van der Waals surface area contributed by atoms with Crippen molar-refractivity contribution in [1.29, 1.82) is 0 Å². The van der Waals surface area contributed by atoms with Gasteiger partial charge in [0.05, 0.1) is 24.6 Å². The molecule has 5 N–H and O–H groups in total. The Morgan fingerprint density at radius 2 is 2.23 bits per heavy atom. The first-order valence-corrected chi connectivity index (χ1v) is 8.82. The summed E-state index contributed by atoms with van der Waals surface area (Å²) in [5.41, 5.74) is 9.17. The molecule has 7 nitrogen and oxygen atoms in total. The van der Waals surface area contributed by atoms with Crippen LogP contribution in [0.1, 0.15) is 41.8 Å². The number of aliphatic hydroxyl groups excluding tert-OH is 2. The zero-order valence-corrected chi connectivity index (χ0v) is 14.6. The molecule has 0 amide bonds. The van der Waals surface area contributed by atoms with Gasteiger partial charge in [0, 0.05) is 30.5 Å². The van der Waals surface area contributed by atoms with Gasteiger partial charge in [-0.15, -0.1) is 0 Å². The van der Waals surface area contributed by atoms with Gasteiger partial charge >= 0.3 is 0 Å². The molecule has 4 rings (SSSR count). The second-order valence-electron chi connectivity index (χ2n) is 6.96. The summed E-state index contributed by atoms with van der Waals surface area (Å²) in [4.78, 5) is 0. The number of nitrogens with two attached hydrogens (primary N) is 1. The number of hydrogen-bond donors (Lipinski definition) is 4. The van der Waals surface area contributed by atoms with Crippen LogP contribution >= 0.6 is 0 Å². The first kappa shape index (κ1) is 17.1. The van der Waals surface area contributed by atoms with Crippen LogP contribution in [0.2, 0.25) is 0 Å². The molecule has 0 radical (unpaired) electrons. The molecular weight excluding hydrogens is 339 g/mol. The lowest BCUT2D eigenvalue weighted by Gasteiger charge is -2.31. The summed E-state index contributed by atoms with van der Waals surface area (Å²) >= 11 is 0. The maximum absolute atomic E-state index is 14.0. The van der Waals surface area contributed by atoms with Gasteiger partial charge in [0.2, 0.25) is 0 Å². The second-order valence-corrected chi connectivity index (χ2v) is 6.96. The monoisotopic (exact) mass is 362 g/mol. The van der Waals surface area contributed by atoms with E-state index in [2.05, 4.69) is 10.4 Å². The van der Waals surface area contributed by atoms with Crippen molar-refractivity contribution >= 4 is 11.5 Å². The Morgan fingerprint density at radius 3 is 3.00 bits per heavy atom. The van der Waals surface area contributed by atoms with Crippen molar-refractivity contribution in [2.45, 2.75) is 43.9 Å². The Hall–Kier alpha value is -2.32. The standard InChI is InChI=1S/C18H23FN4O3/c1-26-15-7-9(19)6-12-11(4-5-21-16(12)15)18(25)23-17(20)13-8-10(24)2-3-14(13)22-23/h6-7,10-11,18,21,24-25H,2-5,8,20H2,1H3. The average molecular weight is 362 g/mol. The van der Waals surface area contributed by atoms with Crippen LogP contribution in [-0.2, 0) is 12.8 Å². The number of rotatable bonds is 3. The lowest BCUT2D eigenvalue weighted by molar-refractivity contribution is 0.0599. The topological polar surface area (TPSA) is 106 Å². The number of methoxy groups -OCH3 is 1. The predicted octanol–water partition coefficient (Wildman–Crippen LogP) is 1.55. The number of nitrogens with one attached hydrogen (secondary N) is 1. The number of ether oxygens (including phenoxy) is 1. The fourth-order valence-electron chi connectivity index (χ4n) is 4.03. The smallest absolute Gasteiger partial charge is 0.156 e. The molecule has 2 aliphatic rings. The fraction of sp³-hybridized carbons (Fsp3) is 0.500. The quantitative estimate of drug-likeness (QED) is 0.660. The summed E-state index contributed by atoms with van der Waals surface area (Å²) in [5.74, 6) is -0.00997. The molecule has 0 fully saturated rings. The van der Waals surface area contributed by atoms with Crippen LogP contribution in [0.4, 0.5) is 15.9 Å². The molecule has 0 saturated carbocycles. The Balaban J connectivity index is 1.73. The molecule has 1 aliphatic heterocycles. The van der Waals surface area contributed by atoms with Crippen LogP contribution < -0.4 is 15.8 Å². The number of aryl methyl sites for hydroxylation is 1. The number of fused-ring (bicyclic) bond motifs is 2. The fourth-order valence-corrected chi connectivity index (χ4v) is 4.03. The highest BCUT2D eigenvalue weighted by atomic mass is 19.1. The van der Waals surface area contributed by atoms with Crippen molar-refractivity contribution in [3.05, 3.63) is 34.8 Å². The number of aliphatic hydroxyl groups is 2. The Morgan fingerprint density at radius 1 is 1.42 bits per heavy atom. The number of nitrogen functional groups attached to an aromatic ring is 1. The van der Waals surface area contributed by atoms with Gasteiger partial charge < -0.3 is 26.0 Å². The van der Waals surface area contributed by atoms with Gasteiger partial charge in [0.1, 0.15) is 17.4 Å². The van der Waals surface area contributed by atoms with Crippen molar-refractivity contribution in [1.82, 2.24) is 9.78 Å². The molecule has 3 atom stereocenters. The number of hydrogen-bond acceptors (Lipinski definition) is 6. The van der Waals surface area contributed by atoms with E-state index in [1.165, 1.54) is 23.9 Å². The molecule has 2 aromatic rings. The zero-order valence-electron chi connectivity index (χ0n) is 14.6. The minimum absolute atomic E-state index is 0.370. The lowest BCUT2D eigenvalue weighted by atomic mass is 9.89. The Kier molecular flexibility index (Phi) is 4.24. The zero-order chi connectivity index (χ0) is 18.4. The third kappa shape index (κ3) is 2.69. The van der Waals surface area contributed by atoms with Gasteiger partial charge in [-0.05, 0) is 30.9 Å². The highest BCUT2D eigenvalue weighted by molar-refractivity contribution is 5.65. The van der Waals surface area contributed by atoms with Gasteiger partial charge in [-0.2, -0.15) is 5.10 Å². The van der Waals surface area contributed by atoms with Gasteiger partial charge in [-0.3, -0.25) is 0 Å². The first-order chi connectivity index (χ1) is 12.5. The normalized spacial score (nSPS) is 22.9. The van der Waals surface area contributed by atoms with Crippen molar-refractivity contribution in [3.8, 4) is 5.75 Å². The maximum atomic E-state index is 14.0. The number of nitrogens with zero attached hydrogens (tertiary/aromatic N) is 2. The van der Waals surface area contributed by atoms with E-state index in [-0.39, 0.29) is 5.92 Å². The van der Waals surface area contributed by atoms with Gasteiger partial charge in [-0.1, -0.05) is 0 Å². The molecule has 2 heterocycles. The van der Waals surface area contributed by atoms with Crippen molar-refractivity contribution < 1.29 is 19.3 Å². The van der Waals surface area contributed by atoms with Crippen LogP contribution in [0.5, 0.6) is 5.75 Å². The number of halogens is 1. The minimum Gasteiger partial charge on any atom is -0.494 e. The summed E-state index contributed by atoms with van der Waals surface area (Å²) in [7, 11) is 1.49. The average Bonchev–Trinajstić information content (AvgIpc) is 2.96. The number of anilines is 2. The van der Waals surface area contributed by atoms with Crippen LogP contribution in [0, 0.1) is 5.82 Å². The van der Waals surface area contributed by atoms with Crippen LogP contribution in [0.3, 0.4) is 0 Å². The van der Waals surface area contributed by atoms with Gasteiger partial charge in [0.25, 0.3) is 0 Å². The highest BCUT2D eigenvalue weighted by Gasteiger charge is 2.33. The summed E-state index contributed by atoms with van der Waals surface area (Å²) in [5, 5.41) is 28.6. The Bertz CT molecular complexity index is 838. The minimum atomic E-state index is -1.02. The van der Waals surface area contributed by atoms with Crippen LogP contribution in [-0.4, -0.2) is 39.8 Å². The lowest BCUT2D eigenvalue weighted by Crippen LogP contribution is -2.27. The molecule has 26 heavy (non-hydrogen) atoms. The van der Waals surface area contributed by atoms with Crippen molar-refractivity contribution in [3.63, 3.8) is 0 Å². The molecule has 3 unspecified atom stereocenters. The predicted molar refractivity (Wildman–Crippen MR) is 94.7 cm³/mol. The summed E-state index contributed by atoms with van der Waals surface area (Å²) in [6.07, 6.45) is 0.860. The molecule has 1 aromatic carbocycles. The van der Waals surface area contributed by atoms with E-state index < -0.39 is 18.1 Å². The van der Waals surface area contributed by atoms with Crippen molar-refractivity contribution in [2.24, 2.45) is 0 Å². The van der Waals surface area contributed by atoms with Crippen molar-refractivity contribution in [2.75, 3.05) is 24.7 Å². The second kappa shape index (κ2) is 6.44. The molecule has 0 saturated heterocycles. The van der Waals surface area contributed by atoms with Gasteiger partial charge in [-0.25, -0.2) is 9.07 Å². The first-order valence-electron chi connectivity index (χ1n) is 8.82. The summed E-state index contributed by atoms with van der Waals surface area (Å²) < 4.78 is 20.7. The molecule has 1 aromatic heterocycles. The van der Waals surface area contributed by atoms with E-state index >= 15 is 0 Å².